The van der Waals surface area contributed by atoms with Gasteiger partial charge in [0.05, 0.1) is 16.6 Å². The van der Waals surface area contributed by atoms with Crippen molar-refractivity contribution in [2.75, 3.05) is 32.1 Å². The Morgan fingerprint density at radius 1 is 1.52 bits per heavy atom. The Labute approximate surface area is 123 Å². The lowest BCUT2D eigenvalue weighted by Crippen LogP contribution is -2.32. The normalized spacial score (nSPS) is 17.5. The van der Waals surface area contributed by atoms with E-state index in [1.807, 2.05) is 0 Å². The number of nitrogens with zero attached hydrogens (tertiary/aromatic N) is 2. The van der Waals surface area contributed by atoms with Gasteiger partial charge < -0.3 is 15.0 Å². The molecule has 7 heteroatoms. The first-order chi connectivity index (χ1) is 9.99. The molecule has 2 rings (SSSR count). The van der Waals surface area contributed by atoms with Crippen molar-refractivity contribution in [1.29, 1.82) is 0 Å². The SMILES string of the molecule is CN(C)c1ccc([N+](=O)[O-])cc1C(=O)NCC1CCCO1. The lowest BCUT2D eigenvalue weighted by atomic mass is 10.1. The highest BCUT2D eigenvalue weighted by Crippen LogP contribution is 2.24. The molecule has 1 aliphatic heterocycles. The van der Waals surface area contributed by atoms with Crippen LogP contribution in [0.2, 0.25) is 0 Å². The minimum absolute atomic E-state index is 0.0375. The fourth-order valence-electron chi connectivity index (χ4n) is 2.32. The molecule has 0 aliphatic carbocycles. The third-order valence-corrected chi connectivity index (χ3v) is 3.43. The molecule has 7 nitrogen and oxygen atoms in total. The molecule has 0 aromatic heterocycles. The van der Waals surface area contributed by atoms with Crippen LogP contribution in [0.15, 0.2) is 18.2 Å². The molecular weight excluding hydrogens is 274 g/mol. The van der Waals surface area contributed by atoms with Gasteiger partial charge in [0.2, 0.25) is 0 Å². The summed E-state index contributed by atoms with van der Waals surface area (Å²) in [5, 5.41) is 13.7. The molecule has 0 bridgehead atoms. The van der Waals surface area contributed by atoms with Gasteiger partial charge in [0.15, 0.2) is 0 Å². The molecule has 0 saturated carbocycles. The second-order valence-electron chi connectivity index (χ2n) is 5.20. The summed E-state index contributed by atoms with van der Waals surface area (Å²) < 4.78 is 5.45. The summed E-state index contributed by atoms with van der Waals surface area (Å²) in [6.07, 6.45) is 1.96. The molecule has 1 N–H and O–H groups in total. The molecule has 1 fully saturated rings. The predicted molar refractivity (Wildman–Crippen MR) is 78.7 cm³/mol. The number of hydrogen-bond acceptors (Lipinski definition) is 5. The Balaban J connectivity index is 2.16. The summed E-state index contributed by atoms with van der Waals surface area (Å²) in [7, 11) is 3.58. The number of carbonyl (C=O) groups excluding carboxylic acids is 1. The molecule has 1 saturated heterocycles. The van der Waals surface area contributed by atoms with E-state index in [9.17, 15) is 14.9 Å². The van der Waals surface area contributed by atoms with Crippen molar-refractivity contribution in [3.8, 4) is 0 Å². The van der Waals surface area contributed by atoms with Crippen molar-refractivity contribution in [3.63, 3.8) is 0 Å². The van der Waals surface area contributed by atoms with Crippen molar-refractivity contribution in [2.24, 2.45) is 0 Å². The minimum atomic E-state index is -0.504. The molecule has 1 atom stereocenters. The highest BCUT2D eigenvalue weighted by molar-refractivity contribution is 6.00. The van der Waals surface area contributed by atoms with Crippen LogP contribution in [0.5, 0.6) is 0 Å². The maximum atomic E-state index is 12.3. The van der Waals surface area contributed by atoms with Gasteiger partial charge in [0.25, 0.3) is 11.6 Å². The quantitative estimate of drug-likeness (QED) is 0.658. The fourth-order valence-corrected chi connectivity index (χ4v) is 2.32. The number of hydrogen-bond donors (Lipinski definition) is 1. The molecule has 1 amide bonds. The van der Waals surface area contributed by atoms with Crippen molar-refractivity contribution in [1.82, 2.24) is 5.32 Å². The molecule has 1 aliphatic rings. The number of benzene rings is 1. The molecule has 1 unspecified atom stereocenters. The number of non-ortho nitro benzene ring substituents is 1. The number of rotatable bonds is 5. The van der Waals surface area contributed by atoms with Gasteiger partial charge in [-0.3, -0.25) is 14.9 Å². The zero-order chi connectivity index (χ0) is 15.4. The Kier molecular flexibility index (Phi) is 4.74. The molecule has 1 aromatic carbocycles. The van der Waals surface area contributed by atoms with Gasteiger partial charge in [-0.25, -0.2) is 0 Å². The fraction of sp³-hybridized carbons (Fsp3) is 0.500. The number of anilines is 1. The van der Waals surface area contributed by atoms with Gasteiger partial charge in [-0.05, 0) is 18.9 Å². The van der Waals surface area contributed by atoms with E-state index in [1.165, 1.54) is 12.1 Å². The molecule has 114 valence electrons. The maximum Gasteiger partial charge on any atom is 0.270 e. The minimum Gasteiger partial charge on any atom is -0.377 e. The van der Waals surface area contributed by atoms with E-state index < -0.39 is 4.92 Å². The van der Waals surface area contributed by atoms with Gasteiger partial charge in [0, 0.05) is 45.1 Å². The monoisotopic (exact) mass is 293 g/mol. The smallest absolute Gasteiger partial charge is 0.270 e. The lowest BCUT2D eigenvalue weighted by molar-refractivity contribution is -0.384. The lowest BCUT2D eigenvalue weighted by Gasteiger charge is -2.17. The van der Waals surface area contributed by atoms with Crippen LogP contribution >= 0.6 is 0 Å². The van der Waals surface area contributed by atoms with Gasteiger partial charge in [-0.15, -0.1) is 0 Å². The third kappa shape index (κ3) is 3.69. The topological polar surface area (TPSA) is 84.7 Å². The third-order valence-electron chi connectivity index (χ3n) is 3.43. The van der Waals surface area contributed by atoms with Crippen LogP contribution in [-0.2, 0) is 4.74 Å². The summed E-state index contributed by atoms with van der Waals surface area (Å²) in [5.74, 6) is -0.321. The summed E-state index contributed by atoms with van der Waals surface area (Å²) in [6.45, 7) is 1.15. The summed E-state index contributed by atoms with van der Waals surface area (Å²) >= 11 is 0. The van der Waals surface area contributed by atoms with E-state index in [4.69, 9.17) is 4.74 Å². The summed E-state index contributed by atoms with van der Waals surface area (Å²) in [6, 6.07) is 4.28. The van der Waals surface area contributed by atoms with Crippen LogP contribution < -0.4 is 10.2 Å². The molecule has 21 heavy (non-hydrogen) atoms. The first-order valence-electron chi connectivity index (χ1n) is 6.84. The Hall–Kier alpha value is -2.15. The number of ether oxygens (including phenoxy) is 1. The largest absolute Gasteiger partial charge is 0.377 e. The molecule has 0 radical (unpaired) electrons. The van der Waals surface area contributed by atoms with Crippen LogP contribution in [0.25, 0.3) is 0 Å². The van der Waals surface area contributed by atoms with Crippen LogP contribution in [0.1, 0.15) is 23.2 Å². The van der Waals surface area contributed by atoms with Crippen LogP contribution in [0, 0.1) is 10.1 Å². The van der Waals surface area contributed by atoms with Crippen molar-refractivity contribution >= 4 is 17.3 Å². The average molecular weight is 293 g/mol. The zero-order valence-corrected chi connectivity index (χ0v) is 12.2. The first-order valence-corrected chi connectivity index (χ1v) is 6.84. The Morgan fingerprint density at radius 2 is 2.29 bits per heavy atom. The first kappa shape index (κ1) is 15.2. The zero-order valence-electron chi connectivity index (χ0n) is 12.2. The van der Waals surface area contributed by atoms with Crippen molar-refractivity contribution in [2.45, 2.75) is 18.9 Å². The van der Waals surface area contributed by atoms with E-state index in [2.05, 4.69) is 5.32 Å². The van der Waals surface area contributed by atoms with Gasteiger partial charge in [-0.1, -0.05) is 0 Å². The number of amides is 1. The number of nitro groups is 1. The van der Waals surface area contributed by atoms with E-state index in [-0.39, 0.29) is 17.7 Å². The molecule has 1 aromatic rings. The standard InChI is InChI=1S/C14H19N3O4/c1-16(2)13-6-5-10(17(19)20)8-12(13)14(18)15-9-11-4-3-7-21-11/h5-6,8,11H,3-4,7,9H2,1-2H3,(H,15,18). The van der Waals surface area contributed by atoms with E-state index >= 15 is 0 Å². The highest BCUT2D eigenvalue weighted by atomic mass is 16.6. The number of nitrogens with one attached hydrogen (secondary N) is 1. The van der Waals surface area contributed by atoms with E-state index in [1.54, 1.807) is 25.1 Å². The maximum absolute atomic E-state index is 12.3. The van der Waals surface area contributed by atoms with Crippen LogP contribution in [-0.4, -0.2) is 44.2 Å². The summed E-state index contributed by atoms with van der Waals surface area (Å²) in [4.78, 5) is 24.4. The Bertz CT molecular complexity index is 539. The average Bonchev–Trinajstić information content (AvgIpc) is 2.97. The van der Waals surface area contributed by atoms with Crippen LogP contribution in [0.3, 0.4) is 0 Å². The van der Waals surface area contributed by atoms with Gasteiger partial charge in [-0.2, -0.15) is 0 Å². The number of nitro benzene ring substituents is 1. The van der Waals surface area contributed by atoms with Gasteiger partial charge >= 0.3 is 0 Å². The highest BCUT2D eigenvalue weighted by Gasteiger charge is 2.20. The number of carbonyl (C=O) groups is 1. The van der Waals surface area contributed by atoms with Gasteiger partial charge in [0.1, 0.15) is 0 Å². The van der Waals surface area contributed by atoms with Crippen molar-refractivity contribution in [3.05, 3.63) is 33.9 Å². The van der Waals surface area contributed by atoms with E-state index in [0.29, 0.717) is 17.8 Å². The summed E-state index contributed by atoms with van der Waals surface area (Å²) in [5.41, 5.74) is 0.848. The second kappa shape index (κ2) is 6.53. The second-order valence-corrected chi connectivity index (χ2v) is 5.20. The predicted octanol–water partition coefficient (Wildman–Crippen LogP) is 1.57. The molecular formula is C14H19N3O4. The molecule has 0 spiro atoms. The molecule has 1 heterocycles. The Morgan fingerprint density at radius 3 is 2.86 bits per heavy atom. The van der Waals surface area contributed by atoms with Crippen LogP contribution in [0.4, 0.5) is 11.4 Å². The van der Waals surface area contributed by atoms with Crippen molar-refractivity contribution < 1.29 is 14.5 Å². The van der Waals surface area contributed by atoms with E-state index in [0.717, 1.165) is 19.4 Å².